The van der Waals surface area contributed by atoms with Crippen LogP contribution >= 0.6 is 0 Å². The maximum Gasteiger partial charge on any atom is 0.237 e. The van der Waals surface area contributed by atoms with Crippen LogP contribution in [0.4, 0.5) is 0 Å². The predicted molar refractivity (Wildman–Crippen MR) is 89.2 cm³/mol. The second kappa shape index (κ2) is 7.55. The van der Waals surface area contributed by atoms with E-state index in [1.54, 1.807) is 12.4 Å². The van der Waals surface area contributed by atoms with Gasteiger partial charge in [0, 0.05) is 37.4 Å². The zero-order valence-corrected chi connectivity index (χ0v) is 14.1. The molecule has 0 radical (unpaired) electrons. The number of nitrogens with one attached hydrogen (secondary N) is 1. The Labute approximate surface area is 141 Å². The fourth-order valence-electron chi connectivity index (χ4n) is 2.91. The van der Waals surface area contributed by atoms with Crippen molar-refractivity contribution < 1.29 is 9.53 Å². The minimum Gasteiger partial charge on any atom is -0.377 e. The summed E-state index contributed by atoms with van der Waals surface area (Å²) in [6.07, 6.45) is 5.35. The van der Waals surface area contributed by atoms with Crippen molar-refractivity contribution in [2.24, 2.45) is 0 Å². The number of nitrogens with zero attached hydrogens (tertiary/aromatic N) is 4. The Kier molecular flexibility index (Phi) is 5.22. The van der Waals surface area contributed by atoms with Gasteiger partial charge in [0.05, 0.1) is 19.8 Å². The number of amides is 1. The lowest BCUT2D eigenvalue weighted by atomic mass is 10.2. The van der Waals surface area contributed by atoms with Crippen molar-refractivity contribution in [3.8, 4) is 0 Å². The monoisotopic (exact) mass is 329 g/mol. The number of ether oxygens (including phenoxy) is 1. The van der Waals surface area contributed by atoms with Gasteiger partial charge in [0.2, 0.25) is 5.91 Å². The molecule has 0 bridgehead atoms. The summed E-state index contributed by atoms with van der Waals surface area (Å²) in [5, 5.41) is 0. The number of rotatable bonds is 5. The van der Waals surface area contributed by atoms with Crippen LogP contribution < -0.4 is 0 Å². The third kappa shape index (κ3) is 3.98. The van der Waals surface area contributed by atoms with Crippen LogP contribution in [0, 0.1) is 6.92 Å². The highest BCUT2D eigenvalue weighted by atomic mass is 16.5. The normalized spacial score (nSPS) is 18.1. The molecule has 3 rings (SSSR count). The third-order valence-corrected chi connectivity index (χ3v) is 4.07. The van der Waals surface area contributed by atoms with E-state index < -0.39 is 0 Å². The lowest BCUT2D eigenvalue weighted by Crippen LogP contribution is -2.47. The molecule has 0 aliphatic carbocycles. The number of H-pyrrole nitrogens is 1. The molecule has 128 valence electrons. The smallest absolute Gasteiger partial charge is 0.237 e. The van der Waals surface area contributed by atoms with E-state index in [9.17, 15) is 4.79 Å². The molecule has 1 unspecified atom stereocenters. The number of imidazole rings is 1. The van der Waals surface area contributed by atoms with Crippen LogP contribution in [0.5, 0.6) is 0 Å². The lowest BCUT2D eigenvalue weighted by Gasteiger charge is -2.35. The van der Waals surface area contributed by atoms with Crippen LogP contribution in [-0.4, -0.2) is 64.0 Å². The first-order valence-electron chi connectivity index (χ1n) is 8.09. The quantitative estimate of drug-likeness (QED) is 0.890. The first-order valence-corrected chi connectivity index (χ1v) is 8.09. The van der Waals surface area contributed by atoms with Crippen molar-refractivity contribution in [2.45, 2.75) is 19.5 Å². The number of pyridine rings is 1. The summed E-state index contributed by atoms with van der Waals surface area (Å²) >= 11 is 0. The zero-order chi connectivity index (χ0) is 16.9. The van der Waals surface area contributed by atoms with Gasteiger partial charge >= 0.3 is 0 Å². The molecule has 1 atom stereocenters. The highest BCUT2D eigenvalue weighted by molar-refractivity contribution is 5.78. The first-order chi connectivity index (χ1) is 11.6. The van der Waals surface area contributed by atoms with Gasteiger partial charge in [-0.2, -0.15) is 0 Å². The molecule has 3 heterocycles. The number of aromatic amines is 1. The highest BCUT2D eigenvalue weighted by Gasteiger charge is 2.30. The van der Waals surface area contributed by atoms with E-state index in [0.29, 0.717) is 32.8 Å². The molecule has 2 aromatic heterocycles. The van der Waals surface area contributed by atoms with Crippen LogP contribution in [0.15, 0.2) is 30.7 Å². The van der Waals surface area contributed by atoms with Crippen LogP contribution in [0.3, 0.4) is 0 Å². The van der Waals surface area contributed by atoms with Crippen LogP contribution in [0.2, 0.25) is 0 Å². The molecule has 7 nitrogen and oxygen atoms in total. The molecule has 1 fully saturated rings. The van der Waals surface area contributed by atoms with Crippen molar-refractivity contribution in [1.82, 2.24) is 24.8 Å². The van der Waals surface area contributed by atoms with Crippen molar-refractivity contribution in [1.29, 1.82) is 0 Å². The maximum absolute atomic E-state index is 12.8. The molecular formula is C17H23N5O2. The van der Waals surface area contributed by atoms with Gasteiger partial charge in [-0.15, -0.1) is 0 Å². The van der Waals surface area contributed by atoms with Gasteiger partial charge < -0.3 is 14.6 Å². The topological polar surface area (TPSA) is 74.3 Å². The Morgan fingerprint density at radius 3 is 3.08 bits per heavy atom. The van der Waals surface area contributed by atoms with E-state index in [0.717, 1.165) is 17.1 Å². The fourth-order valence-corrected chi connectivity index (χ4v) is 2.91. The first kappa shape index (κ1) is 16.6. The summed E-state index contributed by atoms with van der Waals surface area (Å²) in [4.78, 5) is 28.3. The Balaban J connectivity index is 1.63. The molecule has 0 aromatic carbocycles. The van der Waals surface area contributed by atoms with Crippen molar-refractivity contribution in [3.05, 3.63) is 47.8 Å². The molecule has 1 amide bonds. The largest absolute Gasteiger partial charge is 0.377 e. The molecule has 1 aliphatic rings. The van der Waals surface area contributed by atoms with Gasteiger partial charge in [-0.25, -0.2) is 4.98 Å². The molecule has 0 spiro atoms. The van der Waals surface area contributed by atoms with Crippen molar-refractivity contribution >= 4 is 5.91 Å². The van der Waals surface area contributed by atoms with E-state index in [2.05, 4.69) is 15.0 Å². The van der Waals surface area contributed by atoms with Gasteiger partial charge in [0.25, 0.3) is 0 Å². The molecule has 7 heteroatoms. The van der Waals surface area contributed by atoms with E-state index in [-0.39, 0.29) is 11.9 Å². The number of aryl methyl sites for hydroxylation is 1. The third-order valence-electron chi connectivity index (χ3n) is 4.07. The standard InChI is InChI=1S/C17H23N5O2/c1-13-8-19-17(20-13)15-12-24-7-6-22(15)16(23)11-21(2)10-14-4-3-5-18-9-14/h3-5,8-9,15H,6-7,10-12H2,1-2H3,(H,19,20). The minimum atomic E-state index is -0.147. The maximum atomic E-state index is 12.8. The zero-order valence-electron chi connectivity index (χ0n) is 14.1. The molecule has 2 aromatic rings. The Hall–Kier alpha value is -2.25. The van der Waals surface area contributed by atoms with Gasteiger partial charge in [-0.1, -0.05) is 6.07 Å². The van der Waals surface area contributed by atoms with E-state index >= 15 is 0 Å². The van der Waals surface area contributed by atoms with Crippen LogP contribution in [-0.2, 0) is 16.1 Å². The Morgan fingerprint density at radius 1 is 1.50 bits per heavy atom. The SMILES string of the molecule is Cc1cnc(C2COCCN2C(=O)CN(C)Cc2cccnc2)[nH]1. The number of likely N-dealkylation sites (N-methyl/N-ethyl adjacent to an activating group) is 1. The van der Waals surface area contributed by atoms with E-state index in [4.69, 9.17) is 4.74 Å². The van der Waals surface area contributed by atoms with Gasteiger partial charge in [0.1, 0.15) is 11.9 Å². The van der Waals surface area contributed by atoms with Crippen LogP contribution in [0.25, 0.3) is 0 Å². The minimum absolute atomic E-state index is 0.0868. The second-order valence-corrected chi connectivity index (χ2v) is 6.16. The number of hydrogen-bond donors (Lipinski definition) is 1. The van der Waals surface area contributed by atoms with Gasteiger partial charge in [-0.05, 0) is 25.6 Å². The average Bonchev–Trinajstić information content (AvgIpc) is 3.02. The molecule has 24 heavy (non-hydrogen) atoms. The number of aromatic nitrogens is 3. The summed E-state index contributed by atoms with van der Waals surface area (Å²) in [5.74, 6) is 0.874. The summed E-state index contributed by atoms with van der Waals surface area (Å²) in [5.41, 5.74) is 2.07. The van der Waals surface area contributed by atoms with Gasteiger partial charge in [0.15, 0.2) is 0 Å². The molecule has 0 saturated carbocycles. The molecule has 1 N–H and O–H groups in total. The number of hydrogen-bond acceptors (Lipinski definition) is 5. The average molecular weight is 329 g/mol. The lowest BCUT2D eigenvalue weighted by molar-refractivity contribution is -0.141. The number of carbonyl (C=O) groups excluding carboxylic acids is 1. The second-order valence-electron chi connectivity index (χ2n) is 6.16. The van der Waals surface area contributed by atoms with E-state index in [1.165, 1.54) is 0 Å². The molecular weight excluding hydrogens is 306 g/mol. The van der Waals surface area contributed by atoms with Crippen molar-refractivity contribution in [2.75, 3.05) is 33.4 Å². The summed E-state index contributed by atoms with van der Waals surface area (Å²) in [7, 11) is 1.94. The summed E-state index contributed by atoms with van der Waals surface area (Å²) in [6.45, 7) is 4.62. The van der Waals surface area contributed by atoms with Crippen molar-refractivity contribution in [3.63, 3.8) is 0 Å². The van der Waals surface area contributed by atoms with E-state index in [1.807, 2.05) is 42.1 Å². The predicted octanol–water partition coefficient (Wildman–Crippen LogP) is 1.15. The molecule has 1 saturated heterocycles. The van der Waals surface area contributed by atoms with Crippen LogP contribution in [0.1, 0.15) is 23.1 Å². The highest BCUT2D eigenvalue weighted by Crippen LogP contribution is 2.22. The number of morpholine rings is 1. The number of carbonyl (C=O) groups is 1. The summed E-state index contributed by atoms with van der Waals surface area (Å²) < 4.78 is 5.55. The van der Waals surface area contributed by atoms with Gasteiger partial charge in [-0.3, -0.25) is 14.7 Å². The molecule has 1 aliphatic heterocycles. The fraction of sp³-hybridized carbons (Fsp3) is 0.471. The summed E-state index contributed by atoms with van der Waals surface area (Å²) in [6, 6.07) is 3.77. The Morgan fingerprint density at radius 2 is 2.38 bits per heavy atom. The Bertz CT molecular complexity index is 673.